The molecular formula is C21H42IN5O. The number of hydrogen-bond acceptors (Lipinski definition) is 3. The van der Waals surface area contributed by atoms with Gasteiger partial charge in [-0.15, -0.1) is 24.0 Å². The average molecular weight is 508 g/mol. The van der Waals surface area contributed by atoms with Gasteiger partial charge in [0.05, 0.1) is 0 Å². The molecule has 1 heterocycles. The fraction of sp³-hybridized carbons (Fsp3) is 0.905. The summed E-state index contributed by atoms with van der Waals surface area (Å²) in [6.07, 6.45) is 9.18. The molecular weight excluding hydrogens is 465 g/mol. The van der Waals surface area contributed by atoms with Crippen LogP contribution in [0.4, 0.5) is 0 Å². The number of amides is 1. The lowest BCUT2D eigenvalue weighted by Gasteiger charge is -2.22. The van der Waals surface area contributed by atoms with Gasteiger partial charge in [0.25, 0.3) is 0 Å². The number of likely N-dealkylation sites (tertiary alicyclic amines) is 1. The van der Waals surface area contributed by atoms with E-state index in [1.165, 1.54) is 38.8 Å². The second-order valence-electron chi connectivity index (χ2n) is 8.09. The molecule has 0 radical (unpaired) electrons. The van der Waals surface area contributed by atoms with Gasteiger partial charge < -0.3 is 20.4 Å². The standard InChI is InChI=1S/C21H41N5O.HI/c1-4-13-25(14-5-2)15-8-12-23-21(22-3)24-19-11-16-26(17-19)20(27)18-9-6-7-10-18;/h18-19H,4-17H2,1-3H3,(H2,22,23,24);1H. The lowest BCUT2D eigenvalue weighted by molar-refractivity contribution is -0.134. The number of nitrogens with one attached hydrogen (secondary N) is 2. The number of nitrogens with zero attached hydrogens (tertiary/aromatic N) is 3. The second kappa shape index (κ2) is 14.4. The largest absolute Gasteiger partial charge is 0.356 e. The Morgan fingerprint density at radius 1 is 1.11 bits per heavy atom. The molecule has 7 heteroatoms. The molecule has 1 saturated heterocycles. The lowest BCUT2D eigenvalue weighted by Crippen LogP contribution is -2.46. The Balaban J connectivity index is 0.00000392. The Morgan fingerprint density at radius 3 is 2.39 bits per heavy atom. The summed E-state index contributed by atoms with van der Waals surface area (Å²) in [5.41, 5.74) is 0. The van der Waals surface area contributed by atoms with E-state index >= 15 is 0 Å². The predicted octanol–water partition coefficient (Wildman–Crippen LogP) is 3.07. The quantitative estimate of drug-likeness (QED) is 0.207. The number of rotatable bonds is 10. The van der Waals surface area contributed by atoms with Crippen molar-refractivity contribution in [3.8, 4) is 0 Å². The number of halogens is 1. The molecule has 28 heavy (non-hydrogen) atoms. The monoisotopic (exact) mass is 507 g/mol. The van der Waals surface area contributed by atoms with E-state index in [1.807, 2.05) is 7.05 Å². The fourth-order valence-corrected chi connectivity index (χ4v) is 4.37. The van der Waals surface area contributed by atoms with Gasteiger partial charge in [-0.3, -0.25) is 9.79 Å². The summed E-state index contributed by atoms with van der Waals surface area (Å²) < 4.78 is 0. The summed E-state index contributed by atoms with van der Waals surface area (Å²) in [7, 11) is 1.83. The first-order valence-corrected chi connectivity index (χ1v) is 11.2. The van der Waals surface area contributed by atoms with Crippen molar-refractivity contribution in [2.24, 2.45) is 10.9 Å². The van der Waals surface area contributed by atoms with E-state index in [-0.39, 0.29) is 29.9 Å². The van der Waals surface area contributed by atoms with Gasteiger partial charge >= 0.3 is 0 Å². The van der Waals surface area contributed by atoms with E-state index in [4.69, 9.17) is 0 Å². The predicted molar refractivity (Wildman–Crippen MR) is 128 cm³/mol. The molecule has 0 aromatic carbocycles. The SMILES string of the molecule is CCCN(CCC)CCCNC(=NC)NC1CCN(C(=O)C2CCCC2)C1.I. The second-order valence-corrected chi connectivity index (χ2v) is 8.09. The summed E-state index contributed by atoms with van der Waals surface area (Å²) in [5, 5.41) is 6.95. The molecule has 2 N–H and O–H groups in total. The van der Waals surface area contributed by atoms with Gasteiger partial charge in [-0.05, 0) is 58.2 Å². The van der Waals surface area contributed by atoms with E-state index in [0.717, 1.165) is 57.8 Å². The highest BCUT2D eigenvalue weighted by atomic mass is 127. The van der Waals surface area contributed by atoms with Crippen LogP contribution in [0.2, 0.25) is 0 Å². The molecule has 0 aromatic heterocycles. The first-order valence-electron chi connectivity index (χ1n) is 11.2. The number of hydrogen-bond donors (Lipinski definition) is 2. The lowest BCUT2D eigenvalue weighted by atomic mass is 10.1. The molecule has 1 amide bonds. The topological polar surface area (TPSA) is 60.0 Å². The molecule has 2 rings (SSSR count). The highest BCUT2D eigenvalue weighted by Crippen LogP contribution is 2.27. The van der Waals surface area contributed by atoms with Crippen molar-refractivity contribution < 1.29 is 4.79 Å². The third-order valence-corrected chi connectivity index (χ3v) is 5.79. The Hall–Kier alpha value is -0.570. The zero-order valence-electron chi connectivity index (χ0n) is 18.2. The van der Waals surface area contributed by atoms with Crippen LogP contribution in [0.3, 0.4) is 0 Å². The summed E-state index contributed by atoms with van der Waals surface area (Å²) in [6, 6.07) is 0.318. The number of carbonyl (C=O) groups is 1. The van der Waals surface area contributed by atoms with Crippen LogP contribution in [0.1, 0.15) is 65.2 Å². The van der Waals surface area contributed by atoms with Gasteiger partial charge in [0.1, 0.15) is 0 Å². The molecule has 1 saturated carbocycles. The molecule has 1 atom stereocenters. The normalized spacial score (nSPS) is 20.5. The zero-order valence-corrected chi connectivity index (χ0v) is 20.5. The fourth-order valence-electron chi connectivity index (χ4n) is 4.37. The van der Waals surface area contributed by atoms with E-state index < -0.39 is 0 Å². The number of carbonyl (C=O) groups excluding carboxylic acids is 1. The van der Waals surface area contributed by atoms with Crippen LogP contribution in [0.5, 0.6) is 0 Å². The summed E-state index contributed by atoms with van der Waals surface area (Å²) in [6.45, 7) is 10.6. The third-order valence-electron chi connectivity index (χ3n) is 5.79. The van der Waals surface area contributed by atoms with Gasteiger partial charge in [0.2, 0.25) is 5.91 Å². The Bertz CT molecular complexity index is 462. The van der Waals surface area contributed by atoms with Crippen molar-refractivity contribution in [1.82, 2.24) is 20.4 Å². The first-order chi connectivity index (χ1) is 13.2. The minimum absolute atomic E-state index is 0. The van der Waals surface area contributed by atoms with Crippen molar-refractivity contribution in [2.75, 3.05) is 46.3 Å². The van der Waals surface area contributed by atoms with E-state index in [2.05, 4.69) is 39.3 Å². The van der Waals surface area contributed by atoms with Gasteiger partial charge in [-0.1, -0.05) is 26.7 Å². The summed E-state index contributed by atoms with van der Waals surface area (Å²) in [5.74, 6) is 1.54. The molecule has 0 bridgehead atoms. The maximum atomic E-state index is 12.6. The van der Waals surface area contributed by atoms with Crippen LogP contribution >= 0.6 is 24.0 Å². The highest BCUT2D eigenvalue weighted by molar-refractivity contribution is 14.0. The van der Waals surface area contributed by atoms with Crippen molar-refractivity contribution >= 4 is 35.8 Å². The molecule has 2 fully saturated rings. The zero-order chi connectivity index (χ0) is 19.5. The van der Waals surface area contributed by atoms with Crippen LogP contribution in [-0.4, -0.2) is 74.0 Å². The Morgan fingerprint density at radius 2 is 1.79 bits per heavy atom. The van der Waals surface area contributed by atoms with Crippen LogP contribution in [0.15, 0.2) is 4.99 Å². The van der Waals surface area contributed by atoms with Gasteiger partial charge in [-0.2, -0.15) is 0 Å². The van der Waals surface area contributed by atoms with E-state index in [0.29, 0.717) is 11.9 Å². The third kappa shape index (κ3) is 8.43. The molecule has 0 aromatic rings. The van der Waals surface area contributed by atoms with Crippen LogP contribution in [-0.2, 0) is 4.79 Å². The highest BCUT2D eigenvalue weighted by Gasteiger charge is 2.32. The van der Waals surface area contributed by atoms with Gasteiger partial charge in [0, 0.05) is 38.6 Å². The smallest absolute Gasteiger partial charge is 0.225 e. The maximum Gasteiger partial charge on any atom is 0.225 e. The van der Waals surface area contributed by atoms with Crippen LogP contribution in [0.25, 0.3) is 0 Å². The van der Waals surface area contributed by atoms with E-state index in [9.17, 15) is 4.79 Å². The molecule has 6 nitrogen and oxygen atoms in total. The minimum Gasteiger partial charge on any atom is -0.356 e. The number of guanidine groups is 1. The molecule has 1 aliphatic heterocycles. The first kappa shape index (κ1) is 25.5. The van der Waals surface area contributed by atoms with Crippen LogP contribution < -0.4 is 10.6 Å². The molecule has 2 aliphatic rings. The van der Waals surface area contributed by atoms with Crippen molar-refractivity contribution in [3.05, 3.63) is 0 Å². The average Bonchev–Trinajstić information content (AvgIpc) is 3.36. The van der Waals surface area contributed by atoms with Crippen LogP contribution in [0, 0.1) is 5.92 Å². The van der Waals surface area contributed by atoms with Gasteiger partial charge in [-0.25, -0.2) is 0 Å². The molecule has 1 aliphatic carbocycles. The van der Waals surface area contributed by atoms with E-state index in [1.54, 1.807) is 0 Å². The maximum absolute atomic E-state index is 12.6. The molecule has 1 unspecified atom stereocenters. The summed E-state index contributed by atoms with van der Waals surface area (Å²) >= 11 is 0. The van der Waals surface area contributed by atoms with Crippen molar-refractivity contribution in [2.45, 2.75) is 71.3 Å². The van der Waals surface area contributed by atoms with Crippen molar-refractivity contribution in [1.29, 1.82) is 0 Å². The summed E-state index contributed by atoms with van der Waals surface area (Å²) in [4.78, 5) is 21.5. The Kier molecular flexibility index (Phi) is 13.1. The van der Waals surface area contributed by atoms with Gasteiger partial charge in [0.15, 0.2) is 5.96 Å². The Labute approximate surface area is 189 Å². The van der Waals surface area contributed by atoms with Crippen molar-refractivity contribution in [3.63, 3.8) is 0 Å². The minimum atomic E-state index is 0. The molecule has 0 spiro atoms. The number of aliphatic imine (C=N–C) groups is 1. The molecule has 164 valence electrons.